The van der Waals surface area contributed by atoms with Gasteiger partial charge in [0.15, 0.2) is 5.58 Å². The molecule has 1 aromatic heterocycles. The van der Waals surface area contributed by atoms with Crippen molar-refractivity contribution in [2.75, 3.05) is 0 Å². The topological polar surface area (TPSA) is 26.0 Å². The molecule has 1 heterocycles. The van der Waals surface area contributed by atoms with E-state index in [4.69, 9.17) is 4.42 Å². The molecule has 2 aromatic rings. The third-order valence-electron chi connectivity index (χ3n) is 3.27. The molecule has 0 spiro atoms. The Labute approximate surface area is 111 Å². The first-order valence-electron chi connectivity index (χ1n) is 6.20. The van der Waals surface area contributed by atoms with Crippen LogP contribution < -0.4 is 0 Å². The minimum Gasteiger partial charge on any atom is -0.431 e. The average molecular weight is 257 g/mol. The molecule has 1 atom stereocenters. The number of para-hydroxylation sites is 2. The Bertz CT molecular complexity index is 581. The van der Waals surface area contributed by atoms with Gasteiger partial charge in [0.1, 0.15) is 5.52 Å². The highest BCUT2D eigenvalue weighted by Gasteiger charge is 2.28. The summed E-state index contributed by atoms with van der Waals surface area (Å²) in [7, 11) is 0. The molecule has 0 radical (unpaired) electrons. The van der Waals surface area contributed by atoms with Crippen molar-refractivity contribution in [1.29, 1.82) is 0 Å². The van der Waals surface area contributed by atoms with E-state index in [1.165, 1.54) is 0 Å². The van der Waals surface area contributed by atoms with Gasteiger partial charge in [-0.2, -0.15) is 0 Å². The molecule has 1 unspecified atom stereocenters. The molecular formula is C15H15NOS. The van der Waals surface area contributed by atoms with Gasteiger partial charge in [0.25, 0.3) is 5.22 Å². The van der Waals surface area contributed by atoms with Crippen LogP contribution in [0, 0.1) is 0 Å². The fraction of sp³-hybridized carbons (Fsp3) is 0.267. The quantitative estimate of drug-likeness (QED) is 0.804. The van der Waals surface area contributed by atoms with Gasteiger partial charge in [-0.15, -0.1) is 0 Å². The first kappa shape index (κ1) is 11.6. The summed E-state index contributed by atoms with van der Waals surface area (Å²) in [6.45, 7) is 2.21. The summed E-state index contributed by atoms with van der Waals surface area (Å²) in [6, 6.07) is 7.90. The van der Waals surface area contributed by atoms with E-state index >= 15 is 0 Å². The molecule has 0 aliphatic heterocycles. The molecule has 0 N–H and O–H groups in total. The highest BCUT2D eigenvalue weighted by molar-refractivity contribution is 8.00. The lowest BCUT2D eigenvalue weighted by atomic mass is 9.97. The molecule has 0 saturated carbocycles. The van der Waals surface area contributed by atoms with Crippen molar-refractivity contribution in [3.8, 4) is 0 Å². The first-order valence-corrected chi connectivity index (χ1v) is 7.02. The van der Waals surface area contributed by atoms with Crippen LogP contribution in [-0.2, 0) is 0 Å². The monoisotopic (exact) mass is 257 g/mol. The van der Waals surface area contributed by atoms with Gasteiger partial charge in [-0.05, 0) is 25.0 Å². The summed E-state index contributed by atoms with van der Waals surface area (Å²) in [5, 5.41) is 0.762. The minimum atomic E-state index is 0.0929. The molecule has 1 aliphatic rings. The normalized spacial score (nSPS) is 22.7. The maximum Gasteiger partial charge on any atom is 0.257 e. The predicted molar refractivity (Wildman–Crippen MR) is 75.8 cm³/mol. The molecular weight excluding hydrogens is 242 g/mol. The lowest BCUT2D eigenvalue weighted by molar-refractivity contribution is 0.484. The molecule has 0 bridgehead atoms. The predicted octanol–water partition coefficient (Wildman–Crippen LogP) is 4.58. The summed E-state index contributed by atoms with van der Waals surface area (Å²) in [4.78, 5) is 4.54. The van der Waals surface area contributed by atoms with Gasteiger partial charge >= 0.3 is 0 Å². The highest BCUT2D eigenvalue weighted by Crippen LogP contribution is 2.41. The number of aromatic nitrogens is 1. The third-order valence-corrected chi connectivity index (χ3v) is 4.62. The lowest BCUT2D eigenvalue weighted by Crippen LogP contribution is -2.20. The summed E-state index contributed by atoms with van der Waals surface area (Å²) in [5.74, 6) is 0. The van der Waals surface area contributed by atoms with Crippen LogP contribution in [0.3, 0.4) is 0 Å². The van der Waals surface area contributed by atoms with Crippen molar-refractivity contribution >= 4 is 22.9 Å². The largest absolute Gasteiger partial charge is 0.431 e. The van der Waals surface area contributed by atoms with Crippen LogP contribution in [-0.4, -0.2) is 9.73 Å². The Hall–Kier alpha value is -1.48. The number of benzene rings is 1. The van der Waals surface area contributed by atoms with E-state index in [2.05, 4.69) is 36.2 Å². The van der Waals surface area contributed by atoms with Crippen LogP contribution in [0.5, 0.6) is 0 Å². The van der Waals surface area contributed by atoms with Crippen molar-refractivity contribution in [2.24, 2.45) is 0 Å². The summed E-state index contributed by atoms with van der Waals surface area (Å²) >= 11 is 1.72. The zero-order valence-electron chi connectivity index (χ0n) is 10.3. The first-order chi connectivity index (χ1) is 8.81. The molecule has 2 nitrogen and oxygen atoms in total. The van der Waals surface area contributed by atoms with Crippen molar-refractivity contribution in [2.45, 2.75) is 29.7 Å². The second kappa shape index (κ2) is 4.65. The number of oxazole rings is 1. The van der Waals surface area contributed by atoms with Gasteiger partial charge in [-0.1, -0.05) is 55.1 Å². The molecule has 0 fully saturated rings. The molecule has 0 amide bonds. The van der Waals surface area contributed by atoms with E-state index in [0.717, 1.165) is 29.2 Å². The van der Waals surface area contributed by atoms with Gasteiger partial charge in [-0.25, -0.2) is 4.98 Å². The van der Waals surface area contributed by atoms with E-state index in [9.17, 15) is 0 Å². The van der Waals surface area contributed by atoms with Crippen LogP contribution in [0.15, 0.2) is 58.2 Å². The van der Waals surface area contributed by atoms with E-state index in [1.54, 1.807) is 11.8 Å². The standard InChI is InChI=1S/C15H15NOS/c1-2-15(10-6-3-7-11-15)18-14-16-12-8-4-5-9-13(12)17-14/h3-10H,2,11H2,1H3. The Morgan fingerprint density at radius 1 is 1.33 bits per heavy atom. The summed E-state index contributed by atoms with van der Waals surface area (Å²) in [5.41, 5.74) is 1.79. The Balaban J connectivity index is 1.91. The average Bonchev–Trinajstić information content (AvgIpc) is 2.81. The van der Waals surface area contributed by atoms with Gasteiger partial charge in [0, 0.05) is 4.75 Å². The SMILES string of the molecule is CCC1(Sc2nc3ccccc3o2)C=CC=CC1. The van der Waals surface area contributed by atoms with Crippen molar-refractivity contribution in [3.05, 3.63) is 48.6 Å². The highest BCUT2D eigenvalue weighted by atomic mass is 32.2. The van der Waals surface area contributed by atoms with E-state index in [1.807, 2.05) is 24.3 Å². The number of hydrogen-bond acceptors (Lipinski definition) is 3. The number of thioether (sulfide) groups is 1. The van der Waals surface area contributed by atoms with Gasteiger partial charge in [0.05, 0.1) is 0 Å². The van der Waals surface area contributed by atoms with Crippen molar-refractivity contribution < 1.29 is 4.42 Å². The smallest absolute Gasteiger partial charge is 0.257 e. The van der Waals surface area contributed by atoms with E-state index in [0.29, 0.717) is 0 Å². The number of allylic oxidation sites excluding steroid dienone is 3. The van der Waals surface area contributed by atoms with Crippen LogP contribution in [0.1, 0.15) is 19.8 Å². The molecule has 3 heteroatoms. The molecule has 3 rings (SSSR count). The molecule has 92 valence electrons. The summed E-state index contributed by atoms with van der Waals surface area (Å²) in [6.07, 6.45) is 10.8. The minimum absolute atomic E-state index is 0.0929. The fourth-order valence-electron chi connectivity index (χ4n) is 2.12. The number of hydrogen-bond donors (Lipinski definition) is 0. The second-order valence-corrected chi connectivity index (χ2v) is 5.83. The van der Waals surface area contributed by atoms with Gasteiger partial charge in [-0.3, -0.25) is 0 Å². The fourth-order valence-corrected chi connectivity index (χ4v) is 3.22. The van der Waals surface area contributed by atoms with Crippen LogP contribution in [0.4, 0.5) is 0 Å². The van der Waals surface area contributed by atoms with Crippen LogP contribution in [0.25, 0.3) is 11.1 Å². The van der Waals surface area contributed by atoms with Crippen molar-refractivity contribution in [1.82, 2.24) is 4.98 Å². The maximum absolute atomic E-state index is 5.79. The number of rotatable bonds is 3. The van der Waals surface area contributed by atoms with Crippen molar-refractivity contribution in [3.63, 3.8) is 0 Å². The third kappa shape index (κ3) is 2.10. The molecule has 1 aliphatic carbocycles. The van der Waals surface area contributed by atoms with E-state index < -0.39 is 0 Å². The number of nitrogens with zero attached hydrogens (tertiary/aromatic N) is 1. The lowest BCUT2D eigenvalue weighted by Gasteiger charge is -2.27. The summed E-state index contributed by atoms with van der Waals surface area (Å²) < 4.78 is 5.88. The number of fused-ring (bicyclic) bond motifs is 1. The van der Waals surface area contributed by atoms with Crippen LogP contribution in [0.2, 0.25) is 0 Å². The molecule has 18 heavy (non-hydrogen) atoms. The molecule has 1 aromatic carbocycles. The Morgan fingerprint density at radius 3 is 2.94 bits per heavy atom. The second-order valence-electron chi connectivity index (χ2n) is 4.46. The molecule has 0 saturated heterocycles. The maximum atomic E-state index is 5.79. The van der Waals surface area contributed by atoms with Crippen LogP contribution >= 0.6 is 11.8 Å². The zero-order valence-corrected chi connectivity index (χ0v) is 11.1. The Kier molecular flexibility index (Phi) is 3.00. The van der Waals surface area contributed by atoms with Gasteiger partial charge < -0.3 is 4.42 Å². The Morgan fingerprint density at radius 2 is 2.22 bits per heavy atom. The zero-order chi connectivity index (χ0) is 12.4. The van der Waals surface area contributed by atoms with Gasteiger partial charge in [0.2, 0.25) is 0 Å². The van der Waals surface area contributed by atoms with E-state index in [-0.39, 0.29) is 4.75 Å².